The van der Waals surface area contributed by atoms with E-state index in [0.717, 1.165) is 35.5 Å². The van der Waals surface area contributed by atoms with Gasteiger partial charge in [0.15, 0.2) is 0 Å². The van der Waals surface area contributed by atoms with E-state index in [1.165, 1.54) is 5.56 Å². The number of rotatable bonds is 8. The topological polar surface area (TPSA) is 21.3 Å². The highest BCUT2D eigenvalue weighted by Crippen LogP contribution is 2.26. The molecule has 0 aliphatic rings. The van der Waals surface area contributed by atoms with Crippen LogP contribution >= 0.6 is 27.5 Å². The van der Waals surface area contributed by atoms with Crippen molar-refractivity contribution in [3.8, 4) is 0 Å². The summed E-state index contributed by atoms with van der Waals surface area (Å²) in [5.74, 6) is 0. The molecule has 1 rings (SSSR count). The fourth-order valence-electron chi connectivity index (χ4n) is 1.67. The van der Waals surface area contributed by atoms with E-state index >= 15 is 0 Å². The first-order valence-corrected chi connectivity index (χ1v) is 7.62. The Bertz CT molecular complexity index is 360. The molecule has 0 spiro atoms. The van der Waals surface area contributed by atoms with E-state index in [4.69, 9.17) is 16.3 Å². The second-order valence-corrected chi connectivity index (χ2v) is 5.52. The van der Waals surface area contributed by atoms with E-state index in [0.29, 0.717) is 6.61 Å². The van der Waals surface area contributed by atoms with Gasteiger partial charge in [-0.05, 0) is 53.0 Å². The highest BCUT2D eigenvalue weighted by molar-refractivity contribution is 9.10. The Morgan fingerprint density at radius 1 is 1.33 bits per heavy atom. The lowest BCUT2D eigenvalue weighted by molar-refractivity contribution is 0.112. The normalized spacial score (nSPS) is 12.7. The van der Waals surface area contributed by atoms with Gasteiger partial charge < -0.3 is 10.1 Å². The molecule has 1 atom stereocenters. The quantitative estimate of drug-likeness (QED) is 0.703. The standard InChI is InChI=1S/C14H21BrClNO/c1-3-7-17-14(10-18-8-4-2)11-5-6-13(16)12(15)9-11/h5-6,9,14,17H,3-4,7-8,10H2,1-2H3. The third-order valence-electron chi connectivity index (χ3n) is 2.62. The van der Waals surface area contributed by atoms with Crippen molar-refractivity contribution in [2.75, 3.05) is 19.8 Å². The minimum absolute atomic E-state index is 0.227. The molecule has 0 fully saturated rings. The molecule has 1 aromatic carbocycles. The second-order valence-electron chi connectivity index (χ2n) is 4.26. The largest absolute Gasteiger partial charge is 0.379 e. The average Bonchev–Trinajstić information content (AvgIpc) is 2.37. The molecular formula is C14H21BrClNO. The number of ether oxygens (including phenoxy) is 1. The lowest BCUT2D eigenvalue weighted by Gasteiger charge is -2.19. The van der Waals surface area contributed by atoms with E-state index in [1.807, 2.05) is 6.07 Å². The summed E-state index contributed by atoms with van der Waals surface area (Å²) in [5, 5.41) is 4.24. The molecule has 0 aliphatic carbocycles. The number of halogens is 2. The zero-order chi connectivity index (χ0) is 13.4. The molecule has 4 heteroatoms. The summed E-state index contributed by atoms with van der Waals surface area (Å²) >= 11 is 9.48. The van der Waals surface area contributed by atoms with Gasteiger partial charge >= 0.3 is 0 Å². The van der Waals surface area contributed by atoms with Crippen molar-refractivity contribution in [3.05, 3.63) is 33.3 Å². The summed E-state index contributed by atoms with van der Waals surface area (Å²) in [7, 11) is 0. The summed E-state index contributed by atoms with van der Waals surface area (Å²) in [6.07, 6.45) is 2.16. The molecule has 1 aromatic rings. The number of benzene rings is 1. The van der Waals surface area contributed by atoms with Crippen LogP contribution in [0.2, 0.25) is 5.02 Å². The predicted molar refractivity (Wildman–Crippen MR) is 81.3 cm³/mol. The van der Waals surface area contributed by atoms with Crippen molar-refractivity contribution in [2.45, 2.75) is 32.7 Å². The van der Waals surface area contributed by atoms with Gasteiger partial charge in [0, 0.05) is 11.1 Å². The lowest BCUT2D eigenvalue weighted by atomic mass is 10.1. The third-order valence-corrected chi connectivity index (χ3v) is 3.83. The summed E-state index contributed by atoms with van der Waals surface area (Å²) in [6, 6.07) is 6.26. The molecule has 0 saturated heterocycles. The van der Waals surface area contributed by atoms with E-state index in [2.05, 4.69) is 47.2 Å². The van der Waals surface area contributed by atoms with E-state index in [1.54, 1.807) is 0 Å². The van der Waals surface area contributed by atoms with Gasteiger partial charge in [0.25, 0.3) is 0 Å². The summed E-state index contributed by atoms with van der Waals surface area (Å²) in [6.45, 7) is 6.77. The second kappa shape index (κ2) is 8.92. The van der Waals surface area contributed by atoms with Crippen molar-refractivity contribution in [2.24, 2.45) is 0 Å². The zero-order valence-corrected chi connectivity index (χ0v) is 13.4. The molecular weight excluding hydrogens is 314 g/mol. The first-order valence-electron chi connectivity index (χ1n) is 6.45. The van der Waals surface area contributed by atoms with Crippen molar-refractivity contribution in [1.82, 2.24) is 5.32 Å². The Labute approximate surface area is 123 Å². The van der Waals surface area contributed by atoms with Crippen LogP contribution < -0.4 is 5.32 Å². The highest BCUT2D eigenvalue weighted by atomic mass is 79.9. The molecule has 2 nitrogen and oxygen atoms in total. The van der Waals surface area contributed by atoms with Crippen LogP contribution in [-0.4, -0.2) is 19.8 Å². The van der Waals surface area contributed by atoms with E-state index in [9.17, 15) is 0 Å². The monoisotopic (exact) mass is 333 g/mol. The van der Waals surface area contributed by atoms with Gasteiger partial charge in [0.1, 0.15) is 0 Å². The minimum atomic E-state index is 0.227. The summed E-state index contributed by atoms with van der Waals surface area (Å²) in [4.78, 5) is 0. The molecule has 1 N–H and O–H groups in total. The Hall–Kier alpha value is -0.0900. The van der Waals surface area contributed by atoms with Crippen LogP contribution in [0.5, 0.6) is 0 Å². The summed E-state index contributed by atoms with van der Waals surface area (Å²) in [5.41, 5.74) is 1.20. The van der Waals surface area contributed by atoms with Crippen molar-refractivity contribution in [3.63, 3.8) is 0 Å². The van der Waals surface area contributed by atoms with Crippen LogP contribution in [0.25, 0.3) is 0 Å². The van der Waals surface area contributed by atoms with Gasteiger partial charge in [-0.2, -0.15) is 0 Å². The van der Waals surface area contributed by atoms with Crippen LogP contribution in [0, 0.1) is 0 Å². The van der Waals surface area contributed by atoms with Gasteiger partial charge in [-0.25, -0.2) is 0 Å². The molecule has 102 valence electrons. The van der Waals surface area contributed by atoms with Gasteiger partial charge in [-0.3, -0.25) is 0 Å². The highest BCUT2D eigenvalue weighted by Gasteiger charge is 2.12. The molecule has 0 radical (unpaired) electrons. The maximum Gasteiger partial charge on any atom is 0.0661 e. The summed E-state index contributed by atoms with van der Waals surface area (Å²) < 4.78 is 6.59. The Kier molecular flexibility index (Phi) is 7.91. The van der Waals surface area contributed by atoms with Gasteiger partial charge in [0.05, 0.1) is 17.7 Å². The predicted octanol–water partition coefficient (Wildman–Crippen LogP) is 4.57. The van der Waals surface area contributed by atoms with Crippen molar-refractivity contribution < 1.29 is 4.74 Å². The lowest BCUT2D eigenvalue weighted by Crippen LogP contribution is -2.26. The van der Waals surface area contributed by atoms with Gasteiger partial charge in [0.2, 0.25) is 0 Å². The first kappa shape index (κ1) is 16.0. The van der Waals surface area contributed by atoms with E-state index < -0.39 is 0 Å². The van der Waals surface area contributed by atoms with Gasteiger partial charge in [-0.15, -0.1) is 0 Å². The molecule has 0 saturated carbocycles. The average molecular weight is 335 g/mol. The SMILES string of the molecule is CCCNC(COCCC)c1ccc(Cl)c(Br)c1. The van der Waals surface area contributed by atoms with Crippen LogP contribution in [0.3, 0.4) is 0 Å². The van der Waals surface area contributed by atoms with Crippen LogP contribution in [0.4, 0.5) is 0 Å². The molecule has 1 unspecified atom stereocenters. The maximum absolute atomic E-state index is 6.02. The van der Waals surface area contributed by atoms with Crippen molar-refractivity contribution >= 4 is 27.5 Å². The Morgan fingerprint density at radius 3 is 2.72 bits per heavy atom. The first-order chi connectivity index (χ1) is 8.69. The van der Waals surface area contributed by atoms with Crippen molar-refractivity contribution in [1.29, 1.82) is 0 Å². The molecule has 0 aromatic heterocycles. The molecule has 0 aliphatic heterocycles. The fraction of sp³-hybridized carbons (Fsp3) is 0.571. The number of hydrogen-bond acceptors (Lipinski definition) is 2. The molecule has 0 heterocycles. The van der Waals surface area contributed by atoms with E-state index in [-0.39, 0.29) is 6.04 Å². The maximum atomic E-state index is 6.02. The molecule has 0 amide bonds. The number of nitrogens with one attached hydrogen (secondary N) is 1. The van der Waals surface area contributed by atoms with Crippen LogP contribution in [0.15, 0.2) is 22.7 Å². The molecule has 0 bridgehead atoms. The third kappa shape index (κ3) is 5.27. The number of hydrogen-bond donors (Lipinski definition) is 1. The minimum Gasteiger partial charge on any atom is -0.379 e. The zero-order valence-electron chi connectivity index (χ0n) is 11.0. The fourth-order valence-corrected chi connectivity index (χ4v) is 2.18. The Balaban J connectivity index is 2.70. The molecule has 18 heavy (non-hydrogen) atoms. The van der Waals surface area contributed by atoms with Crippen LogP contribution in [0.1, 0.15) is 38.3 Å². The Morgan fingerprint density at radius 2 is 2.11 bits per heavy atom. The van der Waals surface area contributed by atoms with Crippen LogP contribution in [-0.2, 0) is 4.74 Å². The van der Waals surface area contributed by atoms with Gasteiger partial charge in [-0.1, -0.05) is 31.5 Å². The smallest absolute Gasteiger partial charge is 0.0661 e.